The van der Waals surface area contributed by atoms with Crippen LogP contribution in [0, 0.1) is 11.6 Å². The van der Waals surface area contributed by atoms with Crippen molar-refractivity contribution in [1.82, 2.24) is 0 Å². The van der Waals surface area contributed by atoms with Crippen LogP contribution in [-0.4, -0.2) is 11.7 Å². The van der Waals surface area contributed by atoms with Gasteiger partial charge in [0.15, 0.2) is 0 Å². The summed E-state index contributed by atoms with van der Waals surface area (Å²) in [5.41, 5.74) is 6.83. The minimum Gasteiger partial charge on any atom is -0.388 e. The zero-order valence-corrected chi connectivity index (χ0v) is 12.1. The van der Waals surface area contributed by atoms with Crippen LogP contribution in [0.15, 0.2) is 46.9 Å². The Balaban J connectivity index is 2.33. The first-order chi connectivity index (χ1) is 9.52. The van der Waals surface area contributed by atoms with E-state index in [1.807, 2.05) is 0 Å². The summed E-state index contributed by atoms with van der Waals surface area (Å²) in [6, 6.07) is 10.2. The van der Waals surface area contributed by atoms with E-state index >= 15 is 0 Å². The van der Waals surface area contributed by atoms with E-state index in [2.05, 4.69) is 15.9 Å². The van der Waals surface area contributed by atoms with Gasteiger partial charge in [-0.05, 0) is 51.3 Å². The minimum absolute atomic E-state index is 0.152. The molecule has 20 heavy (non-hydrogen) atoms. The van der Waals surface area contributed by atoms with Crippen LogP contribution in [0.25, 0.3) is 0 Å². The molecule has 0 bridgehead atoms. The van der Waals surface area contributed by atoms with Gasteiger partial charge in [-0.3, -0.25) is 0 Å². The monoisotopic (exact) mass is 341 g/mol. The maximum absolute atomic E-state index is 13.3. The van der Waals surface area contributed by atoms with Crippen molar-refractivity contribution < 1.29 is 13.9 Å². The third-order valence-electron chi connectivity index (χ3n) is 3.20. The van der Waals surface area contributed by atoms with Crippen LogP contribution in [0.1, 0.15) is 23.1 Å². The lowest BCUT2D eigenvalue weighted by molar-refractivity contribution is 0.147. The fourth-order valence-corrected chi connectivity index (χ4v) is 2.51. The molecule has 0 aromatic heterocycles. The second-order valence-corrected chi connectivity index (χ2v) is 5.37. The van der Waals surface area contributed by atoms with Crippen molar-refractivity contribution in [3.8, 4) is 0 Å². The van der Waals surface area contributed by atoms with E-state index in [4.69, 9.17) is 5.73 Å². The predicted octanol–water partition coefficient (Wildman–Crippen LogP) is 3.50. The Kier molecular flexibility index (Phi) is 4.86. The number of aliphatic hydroxyl groups is 1. The van der Waals surface area contributed by atoms with Gasteiger partial charge in [-0.15, -0.1) is 0 Å². The molecular weight excluding hydrogens is 328 g/mol. The Labute approximate surface area is 124 Å². The second kappa shape index (κ2) is 6.43. The molecule has 0 spiro atoms. The first kappa shape index (κ1) is 15.1. The first-order valence-electron chi connectivity index (χ1n) is 6.11. The molecule has 0 aliphatic carbocycles. The summed E-state index contributed by atoms with van der Waals surface area (Å²) in [7, 11) is 0. The van der Waals surface area contributed by atoms with E-state index in [9.17, 15) is 13.9 Å². The van der Waals surface area contributed by atoms with Gasteiger partial charge in [-0.1, -0.05) is 18.2 Å². The SMILES string of the molecule is NCC(c1cccc(F)c1)C(O)c1ccc(F)c(Br)c1. The van der Waals surface area contributed by atoms with Gasteiger partial charge < -0.3 is 10.8 Å². The smallest absolute Gasteiger partial charge is 0.137 e. The van der Waals surface area contributed by atoms with Crippen molar-refractivity contribution in [2.75, 3.05) is 6.54 Å². The van der Waals surface area contributed by atoms with Crippen LogP contribution in [0.3, 0.4) is 0 Å². The summed E-state index contributed by atoms with van der Waals surface area (Å²) in [4.78, 5) is 0. The third kappa shape index (κ3) is 3.23. The summed E-state index contributed by atoms with van der Waals surface area (Å²) in [6.07, 6.45) is -0.932. The zero-order chi connectivity index (χ0) is 14.7. The number of aliphatic hydroxyl groups excluding tert-OH is 1. The van der Waals surface area contributed by atoms with Crippen molar-refractivity contribution in [2.45, 2.75) is 12.0 Å². The molecule has 5 heteroatoms. The molecule has 2 atom stereocenters. The van der Waals surface area contributed by atoms with Gasteiger partial charge in [-0.25, -0.2) is 8.78 Å². The van der Waals surface area contributed by atoms with Gasteiger partial charge in [-0.2, -0.15) is 0 Å². The van der Waals surface area contributed by atoms with Gasteiger partial charge in [0.2, 0.25) is 0 Å². The molecule has 2 unspecified atom stereocenters. The lowest BCUT2D eigenvalue weighted by Gasteiger charge is -2.22. The maximum atomic E-state index is 13.3. The van der Waals surface area contributed by atoms with Crippen molar-refractivity contribution in [3.05, 3.63) is 69.7 Å². The van der Waals surface area contributed by atoms with E-state index in [-0.39, 0.29) is 16.8 Å². The van der Waals surface area contributed by atoms with Crippen molar-refractivity contribution in [3.63, 3.8) is 0 Å². The fourth-order valence-electron chi connectivity index (χ4n) is 2.11. The van der Waals surface area contributed by atoms with Gasteiger partial charge in [0, 0.05) is 12.5 Å². The Morgan fingerprint density at radius 2 is 1.85 bits per heavy atom. The van der Waals surface area contributed by atoms with Crippen LogP contribution in [0.4, 0.5) is 8.78 Å². The van der Waals surface area contributed by atoms with Gasteiger partial charge in [0.25, 0.3) is 0 Å². The number of hydrogen-bond acceptors (Lipinski definition) is 2. The molecule has 2 rings (SSSR count). The van der Waals surface area contributed by atoms with Crippen molar-refractivity contribution >= 4 is 15.9 Å². The summed E-state index contributed by atoms with van der Waals surface area (Å²) < 4.78 is 26.8. The lowest BCUT2D eigenvalue weighted by atomic mass is 9.89. The average Bonchev–Trinajstić information content (AvgIpc) is 2.42. The quantitative estimate of drug-likeness (QED) is 0.893. The van der Waals surface area contributed by atoms with Gasteiger partial charge in [0.1, 0.15) is 11.6 Å². The highest BCUT2D eigenvalue weighted by atomic mass is 79.9. The number of halogens is 3. The van der Waals surface area contributed by atoms with Crippen LogP contribution >= 0.6 is 15.9 Å². The average molecular weight is 342 g/mol. The molecule has 3 N–H and O–H groups in total. The van der Waals surface area contributed by atoms with Crippen molar-refractivity contribution in [2.24, 2.45) is 5.73 Å². The maximum Gasteiger partial charge on any atom is 0.137 e. The van der Waals surface area contributed by atoms with E-state index in [1.54, 1.807) is 12.1 Å². The summed E-state index contributed by atoms with van der Waals surface area (Å²) in [5, 5.41) is 10.4. The molecule has 0 saturated heterocycles. The zero-order valence-electron chi connectivity index (χ0n) is 10.6. The van der Waals surface area contributed by atoms with E-state index in [0.717, 1.165) is 0 Å². The summed E-state index contributed by atoms with van der Waals surface area (Å²) in [5.74, 6) is -1.24. The van der Waals surface area contributed by atoms with Crippen LogP contribution in [-0.2, 0) is 0 Å². The molecule has 0 fully saturated rings. The van der Waals surface area contributed by atoms with Crippen LogP contribution < -0.4 is 5.73 Å². The summed E-state index contributed by atoms with van der Waals surface area (Å²) >= 11 is 3.08. The third-order valence-corrected chi connectivity index (χ3v) is 3.80. The molecule has 0 heterocycles. The Bertz CT molecular complexity index is 606. The summed E-state index contributed by atoms with van der Waals surface area (Å²) in [6.45, 7) is 0.152. The number of nitrogens with two attached hydrogens (primary N) is 1. The standard InChI is InChI=1S/C15H14BrF2NO/c16-13-7-10(4-5-14(13)18)15(20)12(8-19)9-2-1-3-11(17)6-9/h1-7,12,15,20H,8,19H2. The lowest BCUT2D eigenvalue weighted by Crippen LogP contribution is -2.20. The molecule has 0 aliphatic heterocycles. The Morgan fingerprint density at radius 1 is 1.10 bits per heavy atom. The Hall–Kier alpha value is -1.30. The van der Waals surface area contributed by atoms with E-state index in [0.29, 0.717) is 11.1 Å². The predicted molar refractivity (Wildman–Crippen MR) is 77.3 cm³/mol. The molecule has 0 saturated carbocycles. The molecule has 0 radical (unpaired) electrons. The minimum atomic E-state index is -0.932. The molecule has 106 valence electrons. The van der Waals surface area contributed by atoms with E-state index < -0.39 is 17.8 Å². The van der Waals surface area contributed by atoms with Crippen LogP contribution in [0.5, 0.6) is 0 Å². The molecule has 2 aromatic rings. The fraction of sp³-hybridized carbons (Fsp3) is 0.200. The topological polar surface area (TPSA) is 46.2 Å². The molecule has 0 amide bonds. The number of benzene rings is 2. The highest BCUT2D eigenvalue weighted by Crippen LogP contribution is 2.32. The number of hydrogen-bond donors (Lipinski definition) is 2. The molecule has 0 aliphatic rings. The first-order valence-corrected chi connectivity index (χ1v) is 6.90. The second-order valence-electron chi connectivity index (χ2n) is 4.52. The molecular formula is C15H14BrF2NO. The Morgan fingerprint density at radius 3 is 2.45 bits per heavy atom. The van der Waals surface area contributed by atoms with Gasteiger partial charge >= 0.3 is 0 Å². The highest BCUT2D eigenvalue weighted by Gasteiger charge is 2.22. The van der Waals surface area contributed by atoms with Crippen LogP contribution in [0.2, 0.25) is 0 Å². The molecule has 2 aromatic carbocycles. The largest absolute Gasteiger partial charge is 0.388 e. The van der Waals surface area contributed by atoms with E-state index in [1.165, 1.54) is 30.3 Å². The van der Waals surface area contributed by atoms with Gasteiger partial charge in [0.05, 0.1) is 10.6 Å². The van der Waals surface area contributed by atoms with Crippen molar-refractivity contribution in [1.29, 1.82) is 0 Å². The highest BCUT2D eigenvalue weighted by molar-refractivity contribution is 9.10. The number of rotatable bonds is 4. The molecule has 2 nitrogen and oxygen atoms in total. The normalized spacial score (nSPS) is 14.1.